The predicted octanol–water partition coefficient (Wildman–Crippen LogP) is 34.7. The van der Waals surface area contributed by atoms with Crippen LogP contribution in [0.5, 0.6) is 11.5 Å². The van der Waals surface area contributed by atoms with E-state index in [4.69, 9.17) is 37.0 Å². The summed E-state index contributed by atoms with van der Waals surface area (Å²) in [6.45, 7) is 8.32. The largest absolute Gasteiger partial charge is 0.507 e. The minimum absolute atomic E-state index is 0.172. The van der Waals surface area contributed by atoms with Crippen molar-refractivity contribution in [2.24, 2.45) is 0 Å². The fraction of sp³-hybridized carbons (Fsp3) is 0.0484. The molecule has 10 nitrogen and oxygen atoms in total. The molecule has 5 heterocycles. The third-order valence-electron chi connectivity index (χ3n) is 27.4. The second kappa shape index (κ2) is 36.6. The van der Waals surface area contributed by atoms with Crippen molar-refractivity contribution in [2.75, 3.05) is 0 Å². The lowest BCUT2D eigenvalue weighted by Crippen LogP contribution is -2.41. The van der Waals surface area contributed by atoms with Crippen molar-refractivity contribution in [3.8, 4) is 44.9 Å². The molecule has 1 aliphatic heterocycles. The van der Waals surface area contributed by atoms with E-state index in [0.717, 1.165) is 150 Å². The van der Waals surface area contributed by atoms with E-state index < -0.39 is 25.4 Å². The van der Waals surface area contributed by atoms with Gasteiger partial charge in [0.15, 0.2) is 0 Å². The molecule has 4 N–H and O–H groups in total. The second-order valence-electron chi connectivity index (χ2n) is 36.3. The molecule has 0 saturated carbocycles. The van der Waals surface area contributed by atoms with Gasteiger partial charge in [-0.05, 0) is 243 Å². The van der Waals surface area contributed by atoms with Crippen molar-refractivity contribution in [1.29, 1.82) is 0 Å². The Labute approximate surface area is 838 Å². The summed E-state index contributed by atoms with van der Waals surface area (Å²) < 4.78 is 43.2. The van der Waals surface area contributed by atoms with Gasteiger partial charge in [0.1, 0.15) is 56.2 Å². The van der Waals surface area contributed by atoms with E-state index in [9.17, 15) is 10.2 Å². The highest BCUT2D eigenvalue weighted by atomic mass is 79.9. The first-order valence-corrected chi connectivity index (χ1v) is 49.5. The van der Waals surface area contributed by atoms with Crippen LogP contribution in [0.15, 0.2) is 448 Å². The van der Waals surface area contributed by atoms with E-state index in [2.05, 4.69) is 383 Å². The molecular formula is C124H84B2Br4O10. The Balaban J connectivity index is 0.000000103. The van der Waals surface area contributed by atoms with Crippen LogP contribution in [0.2, 0.25) is 0 Å². The quantitative estimate of drug-likeness (QED) is 0.123. The molecule has 28 rings (SSSR count). The van der Waals surface area contributed by atoms with Gasteiger partial charge in [-0.3, -0.25) is 0 Å². The summed E-state index contributed by atoms with van der Waals surface area (Å²) in [5.74, 6) is 0.343. The number of phenols is 2. The van der Waals surface area contributed by atoms with Gasteiger partial charge >= 0.3 is 14.2 Å². The molecule has 0 spiro atoms. The summed E-state index contributed by atoms with van der Waals surface area (Å²) in [6, 6.07) is 140. The van der Waals surface area contributed by atoms with Crippen LogP contribution in [0.3, 0.4) is 0 Å². The standard InChI is InChI=1S/C46H25BrO2.C26H23BO3.C20H14O2.C20H12O.C6H7BO2.C6H3Br3/c47-32-22-30(37-24-28-11-3-7-15-35(28)43-41-33-13-5-1-9-26(33)17-19-39(41)48-45(37)43)21-31(23-32)38-25-29-12-4-8-16-36(29)44-42-34-14-6-2-10-27(34)18-20-40(42)49-46(38)44;1-25(2)26(3,4)30-27(29-25)20-15-17-10-6-8-12-19(17)23-22-18-11-7-5-9-16(18)13-14-21(22)28-24(20)23;21-17-11-9-13-5-1-3-7-15(13)19(17)20-16-8-4-2-6-14(16)10-12-18(20)22;1-3-7-15-13(5-1)9-11-17-19(15)20-16-8-4-2-6-14(16)10-12-18(20)21-17;8-7(9)6-4-2-1-3-5-6;7-4-1-5(8)3-6(9)2-4/h1-25H;5-15H,1-4H3;1-12,21-22H;1-12H;1-5,8-9H;1-3H. The van der Waals surface area contributed by atoms with E-state index in [1.165, 1.54) is 91.6 Å². The van der Waals surface area contributed by atoms with Crippen molar-refractivity contribution >= 4 is 284 Å². The summed E-state index contributed by atoms with van der Waals surface area (Å²) in [4.78, 5) is 0. The Morgan fingerprint density at radius 1 is 0.236 bits per heavy atom. The topological polar surface area (TPSA) is 152 Å². The summed E-state index contributed by atoms with van der Waals surface area (Å²) >= 11 is 14.0. The minimum Gasteiger partial charge on any atom is -0.507 e. The lowest BCUT2D eigenvalue weighted by Gasteiger charge is -2.32. The van der Waals surface area contributed by atoms with E-state index in [1.54, 1.807) is 36.4 Å². The maximum atomic E-state index is 10.4. The third kappa shape index (κ3) is 16.2. The number of furan rings is 4. The molecule has 0 atom stereocenters. The third-order valence-corrected chi connectivity index (χ3v) is 29.2. The van der Waals surface area contributed by atoms with Crippen molar-refractivity contribution in [2.45, 2.75) is 38.9 Å². The van der Waals surface area contributed by atoms with Crippen LogP contribution >= 0.6 is 63.7 Å². The molecule has 1 aliphatic rings. The SMILES string of the molecule is Brc1cc(-c2cc3ccccc3c3c2oc2ccc4ccccc4c23)cc(-c2cc3ccccc3c3c2oc2ccc4ccccc4c23)c1.Brc1cc(Br)cc(Br)c1.CC1(C)OB(c2cc3ccccc3c3c2oc2ccc4ccccc4c23)OC1(C)C.OB(O)c1ccccc1.Oc1ccc2ccccc2c1-c1c(O)ccc2ccccc12.c1ccc2c(c1)ccc1oc3ccc4ccccc4c3c12. The van der Waals surface area contributed by atoms with Crippen LogP contribution in [-0.4, -0.2) is 45.7 Å². The van der Waals surface area contributed by atoms with E-state index in [1.807, 2.05) is 84.9 Å². The molecule has 23 aromatic carbocycles. The van der Waals surface area contributed by atoms with Crippen molar-refractivity contribution in [3.63, 3.8) is 0 Å². The smallest absolute Gasteiger partial charge is 0.498 e. The molecule has 4 aromatic heterocycles. The summed E-state index contributed by atoms with van der Waals surface area (Å²) in [7, 11) is -1.82. The molecule has 16 heteroatoms. The zero-order valence-electron chi connectivity index (χ0n) is 76.2. The number of hydrogen-bond acceptors (Lipinski definition) is 10. The molecule has 674 valence electrons. The molecule has 0 aliphatic carbocycles. The van der Waals surface area contributed by atoms with Crippen molar-refractivity contribution in [3.05, 3.63) is 430 Å². The first-order valence-electron chi connectivity index (χ1n) is 46.3. The predicted molar refractivity (Wildman–Crippen MR) is 599 cm³/mol. The first-order chi connectivity index (χ1) is 68.2. The molecule has 140 heavy (non-hydrogen) atoms. The maximum absolute atomic E-state index is 10.4. The number of rotatable bonds is 5. The van der Waals surface area contributed by atoms with Gasteiger partial charge in [0.05, 0.1) is 11.2 Å². The average molecular weight is 2080 g/mol. The Bertz CT molecular complexity index is 9190. The Morgan fingerprint density at radius 3 is 0.814 bits per heavy atom. The molecule has 27 aromatic rings. The van der Waals surface area contributed by atoms with Crippen LogP contribution in [0, 0.1) is 0 Å². The summed E-state index contributed by atoms with van der Waals surface area (Å²) in [5, 5.41) is 70.6. The van der Waals surface area contributed by atoms with Gasteiger partial charge in [-0.25, -0.2) is 0 Å². The Morgan fingerprint density at radius 2 is 0.486 bits per heavy atom. The van der Waals surface area contributed by atoms with Crippen LogP contribution in [0.1, 0.15) is 27.7 Å². The number of halogens is 4. The van der Waals surface area contributed by atoms with Crippen LogP contribution in [0.4, 0.5) is 0 Å². The second-order valence-corrected chi connectivity index (χ2v) is 40.0. The summed E-state index contributed by atoms with van der Waals surface area (Å²) in [5.41, 5.74) is 13.5. The number of phenolic OH excluding ortho intramolecular Hbond substituents is 2. The van der Waals surface area contributed by atoms with Gasteiger partial charge in [-0.15, -0.1) is 0 Å². The normalized spacial score (nSPS) is 12.9. The number of fused-ring (bicyclic) bond motifs is 30. The van der Waals surface area contributed by atoms with Crippen molar-refractivity contribution < 1.29 is 47.2 Å². The first kappa shape index (κ1) is 89.3. The van der Waals surface area contributed by atoms with Crippen LogP contribution < -0.4 is 10.9 Å². The number of benzene rings is 23. The fourth-order valence-corrected chi connectivity index (χ4v) is 23.1. The van der Waals surface area contributed by atoms with Gasteiger partial charge in [0.25, 0.3) is 0 Å². The van der Waals surface area contributed by atoms with Crippen molar-refractivity contribution in [1.82, 2.24) is 0 Å². The van der Waals surface area contributed by atoms with Gasteiger partial charge in [0, 0.05) is 88.7 Å². The molecular weight excluding hydrogens is 1990 g/mol. The summed E-state index contributed by atoms with van der Waals surface area (Å²) in [6.07, 6.45) is 0. The van der Waals surface area contributed by atoms with Gasteiger partial charge in [-0.1, -0.05) is 385 Å². The molecule has 0 radical (unpaired) electrons. The molecule has 1 saturated heterocycles. The fourth-order valence-electron chi connectivity index (χ4n) is 20.2. The number of hydrogen-bond donors (Lipinski definition) is 4. The molecule has 0 unspecified atom stereocenters. The van der Waals surface area contributed by atoms with Gasteiger partial charge in [-0.2, -0.15) is 0 Å². The van der Waals surface area contributed by atoms with Gasteiger partial charge in [0.2, 0.25) is 0 Å². The van der Waals surface area contributed by atoms with E-state index in [-0.39, 0.29) is 11.5 Å². The molecule has 0 bridgehead atoms. The van der Waals surface area contributed by atoms with E-state index in [0.29, 0.717) is 16.6 Å². The van der Waals surface area contributed by atoms with Crippen LogP contribution in [-0.2, 0) is 9.31 Å². The molecule has 1 fully saturated rings. The highest BCUT2D eigenvalue weighted by Crippen LogP contribution is 2.51. The highest BCUT2D eigenvalue weighted by Gasteiger charge is 2.53. The molecule has 0 amide bonds. The average Bonchev–Trinajstić information content (AvgIpc) is 1.56. The minimum atomic E-state index is -1.34. The lowest BCUT2D eigenvalue weighted by atomic mass is 9.76. The number of aromatic hydroxyl groups is 2. The zero-order chi connectivity index (χ0) is 95.3. The zero-order valence-corrected chi connectivity index (χ0v) is 82.5. The lowest BCUT2D eigenvalue weighted by molar-refractivity contribution is 0.00578. The Kier molecular flexibility index (Phi) is 23.3. The maximum Gasteiger partial charge on any atom is 0.498 e. The highest BCUT2D eigenvalue weighted by molar-refractivity contribution is 9.11. The van der Waals surface area contributed by atoms with Crippen LogP contribution in [0.25, 0.3) is 229 Å². The van der Waals surface area contributed by atoms with Gasteiger partial charge < -0.3 is 47.2 Å². The monoisotopic (exact) mass is 2070 g/mol. The van der Waals surface area contributed by atoms with E-state index >= 15 is 0 Å². The Hall–Kier alpha value is -14.7.